The Balaban J connectivity index is 1.44. The van der Waals surface area contributed by atoms with Crippen LogP contribution < -0.4 is 14.8 Å². The molecule has 0 aromatic heterocycles. The van der Waals surface area contributed by atoms with E-state index >= 15 is 0 Å². The number of ether oxygens (including phenoxy) is 3. The van der Waals surface area contributed by atoms with Crippen LogP contribution in [-0.4, -0.2) is 32.0 Å². The molecule has 26 heavy (non-hydrogen) atoms. The average Bonchev–Trinajstić information content (AvgIpc) is 3.16. The van der Waals surface area contributed by atoms with Crippen LogP contribution in [0.25, 0.3) is 0 Å². The molecule has 0 bridgehead atoms. The van der Waals surface area contributed by atoms with Gasteiger partial charge in [0.05, 0.1) is 12.6 Å². The first-order valence-corrected chi connectivity index (χ1v) is 9.42. The summed E-state index contributed by atoms with van der Waals surface area (Å²) in [7, 11) is 0. The zero-order valence-electron chi connectivity index (χ0n) is 16.0. The van der Waals surface area contributed by atoms with E-state index < -0.39 is 0 Å². The van der Waals surface area contributed by atoms with Crippen molar-refractivity contribution in [3.63, 3.8) is 0 Å². The Morgan fingerprint density at radius 1 is 1.15 bits per heavy atom. The van der Waals surface area contributed by atoms with Gasteiger partial charge in [-0.1, -0.05) is 12.1 Å². The Kier molecular flexibility index (Phi) is 6.40. The predicted octanol–water partition coefficient (Wildman–Crippen LogP) is 4.74. The van der Waals surface area contributed by atoms with Gasteiger partial charge in [-0.2, -0.15) is 0 Å². The van der Waals surface area contributed by atoms with E-state index in [9.17, 15) is 0 Å². The third-order valence-electron chi connectivity index (χ3n) is 4.58. The summed E-state index contributed by atoms with van der Waals surface area (Å²) >= 11 is 0. The van der Waals surface area contributed by atoms with E-state index in [1.807, 2.05) is 24.3 Å². The molecular formula is C22H29NO3. The molecule has 4 nitrogen and oxygen atoms in total. The Bertz CT molecular complexity index is 693. The molecule has 2 aromatic rings. The minimum Gasteiger partial charge on any atom is -0.491 e. The lowest BCUT2D eigenvalue weighted by Gasteiger charge is -2.18. The zero-order chi connectivity index (χ0) is 18.4. The van der Waals surface area contributed by atoms with E-state index in [1.165, 1.54) is 5.56 Å². The summed E-state index contributed by atoms with van der Waals surface area (Å²) in [6, 6.07) is 14.4. The monoisotopic (exact) mass is 355 g/mol. The Morgan fingerprint density at radius 2 is 1.96 bits per heavy atom. The first-order chi connectivity index (χ1) is 12.6. The van der Waals surface area contributed by atoms with Crippen LogP contribution in [0.1, 0.15) is 30.9 Å². The molecule has 1 N–H and O–H groups in total. The summed E-state index contributed by atoms with van der Waals surface area (Å²) < 4.78 is 17.4. The molecule has 2 unspecified atom stereocenters. The van der Waals surface area contributed by atoms with Crippen molar-refractivity contribution in [1.29, 1.82) is 0 Å². The van der Waals surface area contributed by atoms with E-state index in [-0.39, 0.29) is 12.2 Å². The fraction of sp³-hybridized carbons (Fsp3) is 0.455. The SMILES string of the molecule is Cc1ccc(C)c(OC(C)CNc2ccc(OCC3CCCO3)cc2)c1. The topological polar surface area (TPSA) is 39.7 Å². The molecule has 0 spiro atoms. The number of anilines is 1. The van der Waals surface area contributed by atoms with Crippen molar-refractivity contribution in [2.75, 3.05) is 25.1 Å². The first kappa shape index (κ1) is 18.6. The van der Waals surface area contributed by atoms with Crippen LogP contribution in [-0.2, 0) is 4.74 Å². The van der Waals surface area contributed by atoms with Crippen molar-refractivity contribution >= 4 is 5.69 Å². The molecule has 4 heteroatoms. The van der Waals surface area contributed by atoms with E-state index in [2.05, 4.69) is 44.3 Å². The smallest absolute Gasteiger partial charge is 0.122 e. The number of nitrogens with one attached hydrogen (secondary N) is 1. The molecule has 2 aromatic carbocycles. The van der Waals surface area contributed by atoms with Crippen LogP contribution >= 0.6 is 0 Å². The van der Waals surface area contributed by atoms with Gasteiger partial charge in [0.1, 0.15) is 24.2 Å². The van der Waals surface area contributed by atoms with Crippen LogP contribution in [0, 0.1) is 13.8 Å². The quantitative estimate of drug-likeness (QED) is 0.742. The van der Waals surface area contributed by atoms with Crippen molar-refractivity contribution in [2.45, 2.75) is 45.8 Å². The van der Waals surface area contributed by atoms with Gasteiger partial charge >= 0.3 is 0 Å². The summed E-state index contributed by atoms with van der Waals surface area (Å²) in [4.78, 5) is 0. The maximum absolute atomic E-state index is 6.07. The van der Waals surface area contributed by atoms with Gasteiger partial charge in [-0.05, 0) is 75.1 Å². The van der Waals surface area contributed by atoms with Crippen LogP contribution in [0.15, 0.2) is 42.5 Å². The van der Waals surface area contributed by atoms with Crippen LogP contribution in [0.3, 0.4) is 0 Å². The maximum Gasteiger partial charge on any atom is 0.122 e. The maximum atomic E-state index is 6.07. The normalized spacial score (nSPS) is 17.7. The summed E-state index contributed by atoms with van der Waals surface area (Å²) in [6.45, 7) is 8.46. The van der Waals surface area contributed by atoms with Crippen LogP contribution in [0.5, 0.6) is 11.5 Å². The van der Waals surface area contributed by atoms with Gasteiger partial charge in [-0.3, -0.25) is 0 Å². The van der Waals surface area contributed by atoms with Gasteiger partial charge < -0.3 is 19.5 Å². The molecule has 0 radical (unpaired) electrons. The van der Waals surface area contributed by atoms with Gasteiger partial charge in [0.15, 0.2) is 0 Å². The highest BCUT2D eigenvalue weighted by molar-refractivity contribution is 5.46. The number of benzene rings is 2. The van der Waals surface area contributed by atoms with Crippen molar-refractivity contribution in [2.24, 2.45) is 0 Å². The van der Waals surface area contributed by atoms with Gasteiger partial charge in [0, 0.05) is 12.3 Å². The fourth-order valence-electron chi connectivity index (χ4n) is 2.99. The zero-order valence-corrected chi connectivity index (χ0v) is 16.0. The minimum atomic E-state index is 0.0749. The summed E-state index contributed by atoms with van der Waals surface area (Å²) in [5.41, 5.74) is 3.44. The number of hydrogen-bond acceptors (Lipinski definition) is 4. The highest BCUT2D eigenvalue weighted by atomic mass is 16.5. The molecular weight excluding hydrogens is 326 g/mol. The Morgan fingerprint density at radius 3 is 2.69 bits per heavy atom. The molecule has 2 atom stereocenters. The molecule has 1 heterocycles. The molecule has 140 valence electrons. The molecule has 1 fully saturated rings. The lowest BCUT2D eigenvalue weighted by Crippen LogP contribution is -2.23. The minimum absolute atomic E-state index is 0.0749. The summed E-state index contributed by atoms with van der Waals surface area (Å²) in [6.07, 6.45) is 2.55. The highest BCUT2D eigenvalue weighted by Crippen LogP contribution is 2.21. The van der Waals surface area contributed by atoms with Gasteiger partial charge in [-0.25, -0.2) is 0 Å². The molecule has 1 saturated heterocycles. The molecule has 0 amide bonds. The largest absolute Gasteiger partial charge is 0.491 e. The van der Waals surface area contributed by atoms with Gasteiger partial charge in [0.25, 0.3) is 0 Å². The van der Waals surface area contributed by atoms with Crippen molar-refractivity contribution < 1.29 is 14.2 Å². The number of rotatable bonds is 8. The molecule has 3 rings (SSSR count). The molecule has 1 aliphatic rings. The second kappa shape index (κ2) is 8.95. The fourth-order valence-corrected chi connectivity index (χ4v) is 2.99. The van der Waals surface area contributed by atoms with Gasteiger partial charge in [-0.15, -0.1) is 0 Å². The van der Waals surface area contributed by atoms with Crippen molar-refractivity contribution in [3.8, 4) is 11.5 Å². The average molecular weight is 355 g/mol. The first-order valence-electron chi connectivity index (χ1n) is 9.42. The van der Waals surface area contributed by atoms with E-state index in [1.54, 1.807) is 0 Å². The van der Waals surface area contributed by atoms with E-state index in [0.29, 0.717) is 6.61 Å². The van der Waals surface area contributed by atoms with Crippen LogP contribution in [0.4, 0.5) is 5.69 Å². The van der Waals surface area contributed by atoms with Crippen molar-refractivity contribution in [3.05, 3.63) is 53.6 Å². The Hall–Kier alpha value is -2.20. The van der Waals surface area contributed by atoms with Crippen molar-refractivity contribution in [1.82, 2.24) is 0 Å². The number of aryl methyl sites for hydroxylation is 2. The lowest BCUT2D eigenvalue weighted by molar-refractivity contribution is 0.0679. The van der Waals surface area contributed by atoms with E-state index in [0.717, 1.165) is 48.7 Å². The highest BCUT2D eigenvalue weighted by Gasteiger charge is 2.15. The molecule has 1 aliphatic heterocycles. The second-order valence-corrected chi connectivity index (χ2v) is 7.05. The predicted molar refractivity (Wildman–Crippen MR) is 105 cm³/mol. The van der Waals surface area contributed by atoms with E-state index in [4.69, 9.17) is 14.2 Å². The second-order valence-electron chi connectivity index (χ2n) is 7.05. The molecule has 0 saturated carbocycles. The summed E-state index contributed by atoms with van der Waals surface area (Å²) in [5.74, 6) is 1.84. The summed E-state index contributed by atoms with van der Waals surface area (Å²) in [5, 5.41) is 3.42. The van der Waals surface area contributed by atoms with Gasteiger partial charge in [0.2, 0.25) is 0 Å². The standard InChI is InChI=1S/C22H29NO3/c1-16-6-7-17(2)22(13-16)26-18(3)14-23-19-8-10-20(11-9-19)25-15-21-5-4-12-24-21/h6-11,13,18,21,23H,4-5,12,14-15H2,1-3H3. The Labute approximate surface area is 156 Å². The molecule has 0 aliphatic carbocycles. The van der Waals surface area contributed by atoms with Crippen LogP contribution in [0.2, 0.25) is 0 Å². The third kappa shape index (κ3) is 5.40. The number of hydrogen-bond donors (Lipinski definition) is 1. The lowest BCUT2D eigenvalue weighted by atomic mass is 10.1. The third-order valence-corrected chi connectivity index (χ3v) is 4.58.